The van der Waals surface area contributed by atoms with E-state index >= 15 is 0 Å². The van der Waals surface area contributed by atoms with Crippen molar-refractivity contribution in [3.8, 4) is 6.07 Å². The highest BCUT2D eigenvalue weighted by atomic mass is 19.4. The zero-order valence-corrected chi connectivity index (χ0v) is 15.0. The summed E-state index contributed by atoms with van der Waals surface area (Å²) in [6.07, 6.45) is -2.48. The molecule has 28 heavy (non-hydrogen) atoms. The van der Waals surface area contributed by atoms with Crippen molar-refractivity contribution in [1.29, 1.82) is 5.26 Å². The number of hydrogen-bond acceptors (Lipinski definition) is 3. The van der Waals surface area contributed by atoms with Gasteiger partial charge in [-0.25, -0.2) is 0 Å². The second kappa shape index (κ2) is 7.77. The van der Waals surface area contributed by atoms with Crippen LogP contribution in [-0.2, 0) is 23.8 Å². The minimum absolute atomic E-state index is 0.214. The van der Waals surface area contributed by atoms with Crippen LogP contribution in [0.3, 0.4) is 0 Å². The fourth-order valence-electron chi connectivity index (χ4n) is 3.42. The minimum Gasteiger partial charge on any atom is -0.348 e. The van der Waals surface area contributed by atoms with Gasteiger partial charge in [-0.1, -0.05) is 18.7 Å². The molecule has 2 aromatic carbocycles. The Hall–Kier alpha value is -3.27. The van der Waals surface area contributed by atoms with Crippen molar-refractivity contribution < 1.29 is 18.0 Å². The number of carbonyl (C=O) groups is 1. The summed E-state index contributed by atoms with van der Waals surface area (Å²) in [7, 11) is 0. The standard InChI is InChI=1S/C21H18F3N3O/c1-2-20(28)26-16-12-18-14(10-11-25)4-3-5-19(18)27(13-16)17-8-6-15(7-9-17)21(22,23)24/h2-9,16H,1,10,12-13H2,(H,26,28). The van der Waals surface area contributed by atoms with Gasteiger partial charge in [-0.15, -0.1) is 0 Å². The number of halogens is 3. The van der Waals surface area contributed by atoms with Crippen molar-refractivity contribution in [1.82, 2.24) is 5.32 Å². The van der Waals surface area contributed by atoms with Crippen LogP contribution >= 0.6 is 0 Å². The van der Waals surface area contributed by atoms with Crippen molar-refractivity contribution in [3.05, 3.63) is 71.8 Å². The Morgan fingerprint density at radius 3 is 2.61 bits per heavy atom. The fourth-order valence-corrected chi connectivity index (χ4v) is 3.42. The van der Waals surface area contributed by atoms with Gasteiger partial charge in [0.05, 0.1) is 24.1 Å². The minimum atomic E-state index is -4.40. The maximum Gasteiger partial charge on any atom is 0.416 e. The van der Waals surface area contributed by atoms with Crippen LogP contribution in [-0.4, -0.2) is 18.5 Å². The largest absolute Gasteiger partial charge is 0.416 e. The van der Waals surface area contributed by atoms with E-state index in [1.807, 2.05) is 23.1 Å². The molecule has 4 nitrogen and oxygen atoms in total. The molecule has 0 fully saturated rings. The number of amides is 1. The van der Waals surface area contributed by atoms with Crippen LogP contribution in [0.25, 0.3) is 0 Å². The van der Waals surface area contributed by atoms with Gasteiger partial charge < -0.3 is 10.2 Å². The van der Waals surface area contributed by atoms with Crippen molar-refractivity contribution in [2.45, 2.75) is 25.1 Å². The first-order chi connectivity index (χ1) is 13.3. The summed E-state index contributed by atoms with van der Waals surface area (Å²) in [6, 6.07) is 12.3. The Kier molecular flexibility index (Phi) is 5.41. The zero-order valence-electron chi connectivity index (χ0n) is 15.0. The predicted molar refractivity (Wildman–Crippen MR) is 100 cm³/mol. The van der Waals surface area contributed by atoms with Crippen LogP contribution in [0.2, 0.25) is 0 Å². The number of rotatable bonds is 4. The van der Waals surface area contributed by atoms with Gasteiger partial charge in [0.25, 0.3) is 0 Å². The summed E-state index contributed by atoms with van der Waals surface area (Å²) in [6.45, 7) is 3.85. The molecule has 1 atom stereocenters. The van der Waals surface area contributed by atoms with Crippen molar-refractivity contribution in [2.75, 3.05) is 11.4 Å². The Balaban J connectivity index is 2.02. The molecular formula is C21H18F3N3O. The van der Waals surface area contributed by atoms with E-state index < -0.39 is 11.7 Å². The van der Waals surface area contributed by atoms with Crippen molar-refractivity contribution in [3.63, 3.8) is 0 Å². The molecule has 0 radical (unpaired) electrons. The average molecular weight is 385 g/mol. The smallest absolute Gasteiger partial charge is 0.348 e. The molecule has 1 amide bonds. The lowest BCUT2D eigenvalue weighted by molar-refractivity contribution is -0.137. The molecule has 1 unspecified atom stereocenters. The Labute approximate surface area is 160 Å². The summed E-state index contributed by atoms with van der Waals surface area (Å²) >= 11 is 0. The van der Waals surface area contributed by atoms with Gasteiger partial charge in [0.2, 0.25) is 5.91 Å². The number of fused-ring (bicyclic) bond motifs is 1. The van der Waals surface area contributed by atoms with Gasteiger partial charge in [0.1, 0.15) is 0 Å². The molecule has 144 valence electrons. The third-order valence-electron chi connectivity index (χ3n) is 4.70. The first kappa shape index (κ1) is 19.5. The first-order valence-corrected chi connectivity index (χ1v) is 8.69. The van der Waals surface area contributed by atoms with E-state index in [1.54, 1.807) is 0 Å². The summed E-state index contributed by atoms with van der Waals surface area (Å²) in [5, 5.41) is 12.0. The first-order valence-electron chi connectivity index (χ1n) is 8.69. The van der Waals surface area contributed by atoms with E-state index in [0.29, 0.717) is 18.7 Å². The number of carbonyl (C=O) groups excluding carboxylic acids is 1. The molecule has 0 aromatic heterocycles. The molecule has 1 aliphatic rings. The average Bonchev–Trinajstić information content (AvgIpc) is 2.67. The van der Waals surface area contributed by atoms with Crippen LogP contribution < -0.4 is 10.2 Å². The lowest BCUT2D eigenvalue weighted by Crippen LogP contribution is -2.46. The van der Waals surface area contributed by atoms with Gasteiger partial charge in [-0.05, 0) is 54.0 Å². The van der Waals surface area contributed by atoms with E-state index in [9.17, 15) is 18.0 Å². The second-order valence-corrected chi connectivity index (χ2v) is 6.52. The number of nitriles is 1. The normalized spacial score (nSPS) is 16.1. The molecule has 1 N–H and O–H groups in total. The number of nitrogens with one attached hydrogen (secondary N) is 1. The zero-order chi connectivity index (χ0) is 20.3. The highest BCUT2D eigenvalue weighted by Crippen LogP contribution is 2.37. The van der Waals surface area contributed by atoms with Crippen molar-refractivity contribution in [2.24, 2.45) is 0 Å². The van der Waals surface area contributed by atoms with E-state index in [2.05, 4.69) is 18.0 Å². The summed E-state index contributed by atoms with van der Waals surface area (Å²) in [5.41, 5.74) is 2.44. The molecule has 0 bridgehead atoms. The highest BCUT2D eigenvalue weighted by Gasteiger charge is 2.31. The lowest BCUT2D eigenvalue weighted by atomic mass is 9.91. The third kappa shape index (κ3) is 4.01. The second-order valence-electron chi connectivity index (χ2n) is 6.52. The van der Waals surface area contributed by atoms with Gasteiger partial charge in [0.15, 0.2) is 0 Å². The molecule has 0 saturated carbocycles. The Morgan fingerprint density at radius 1 is 1.29 bits per heavy atom. The Bertz CT molecular complexity index is 929. The van der Waals surface area contributed by atoms with E-state index in [-0.39, 0.29) is 18.4 Å². The van der Waals surface area contributed by atoms with Crippen LogP contribution in [0, 0.1) is 11.3 Å². The third-order valence-corrected chi connectivity index (χ3v) is 4.70. The number of alkyl halides is 3. The van der Waals surface area contributed by atoms with Crippen molar-refractivity contribution >= 4 is 17.3 Å². The van der Waals surface area contributed by atoms with E-state index in [0.717, 1.165) is 28.9 Å². The SMILES string of the molecule is C=CC(=O)NC1Cc2c(CC#N)cccc2N(c2ccc(C(F)(F)F)cc2)C1. The van der Waals surface area contributed by atoms with Gasteiger partial charge in [-0.3, -0.25) is 4.79 Å². The van der Waals surface area contributed by atoms with Crippen LogP contribution in [0.5, 0.6) is 0 Å². The molecule has 7 heteroatoms. The number of nitrogens with zero attached hydrogens (tertiary/aromatic N) is 2. The maximum atomic E-state index is 12.9. The summed E-state index contributed by atoms with van der Waals surface area (Å²) in [5.74, 6) is -0.321. The maximum absolute atomic E-state index is 12.9. The summed E-state index contributed by atoms with van der Waals surface area (Å²) in [4.78, 5) is 13.6. The number of benzene rings is 2. The lowest BCUT2D eigenvalue weighted by Gasteiger charge is -2.37. The summed E-state index contributed by atoms with van der Waals surface area (Å²) < 4.78 is 38.6. The van der Waals surface area contributed by atoms with Crippen LogP contribution in [0.4, 0.5) is 24.5 Å². The van der Waals surface area contributed by atoms with E-state index in [4.69, 9.17) is 5.26 Å². The molecule has 0 spiro atoms. The molecular weight excluding hydrogens is 367 g/mol. The topological polar surface area (TPSA) is 56.1 Å². The van der Waals surface area contributed by atoms with E-state index in [1.165, 1.54) is 18.2 Å². The van der Waals surface area contributed by atoms with Crippen LogP contribution in [0.1, 0.15) is 16.7 Å². The number of anilines is 2. The molecule has 2 aromatic rings. The molecule has 0 aliphatic carbocycles. The van der Waals surface area contributed by atoms with Gasteiger partial charge >= 0.3 is 6.18 Å². The Morgan fingerprint density at radius 2 is 2.00 bits per heavy atom. The molecule has 0 saturated heterocycles. The molecule has 3 rings (SSSR count). The molecule has 1 aliphatic heterocycles. The van der Waals surface area contributed by atoms with Gasteiger partial charge in [0, 0.05) is 17.9 Å². The highest BCUT2D eigenvalue weighted by molar-refractivity contribution is 5.87. The molecule has 1 heterocycles. The van der Waals surface area contributed by atoms with Gasteiger partial charge in [-0.2, -0.15) is 18.4 Å². The fraction of sp³-hybridized carbons (Fsp3) is 0.238. The quantitative estimate of drug-likeness (QED) is 0.805. The number of hydrogen-bond donors (Lipinski definition) is 1. The monoisotopic (exact) mass is 385 g/mol. The predicted octanol–water partition coefficient (Wildman–Crippen LogP) is 4.14. The van der Waals surface area contributed by atoms with Crippen LogP contribution in [0.15, 0.2) is 55.1 Å².